The topological polar surface area (TPSA) is 35.5 Å². The molecule has 3 nitrogen and oxygen atoms in total. The van der Waals surface area contributed by atoms with Crippen LogP contribution in [-0.4, -0.2) is 36.2 Å². The quantitative estimate of drug-likeness (QED) is 0.835. The van der Waals surface area contributed by atoms with Gasteiger partial charge in [-0.15, -0.1) is 24.8 Å². The minimum atomic E-state index is 0. The molecule has 1 heterocycles. The lowest BCUT2D eigenvalue weighted by Gasteiger charge is -2.39. The SMILES string of the molecule is CCC(C)[C@@H](c1cc(Cl)cc(C)c1O)N1CCNCC1.Cl.Cl. The summed E-state index contributed by atoms with van der Waals surface area (Å²) in [6, 6.07) is 3.99. The van der Waals surface area contributed by atoms with Crippen LogP contribution in [0.15, 0.2) is 12.1 Å². The fraction of sp³-hybridized carbons (Fsp3) is 0.625. The minimum Gasteiger partial charge on any atom is -0.507 e. The largest absolute Gasteiger partial charge is 0.507 e. The third kappa shape index (κ3) is 4.90. The smallest absolute Gasteiger partial charge is 0.123 e. The van der Waals surface area contributed by atoms with Crippen molar-refractivity contribution in [1.29, 1.82) is 0 Å². The van der Waals surface area contributed by atoms with E-state index in [9.17, 15) is 5.11 Å². The standard InChI is InChI=1S/C16H25ClN2O.2ClH/c1-4-11(2)15(19-7-5-18-6-8-19)14-10-13(17)9-12(3)16(14)20;;/h9-11,15,18,20H,4-8H2,1-3H3;2*1H/t11?,15-;;/m0../s1. The number of rotatable bonds is 4. The lowest BCUT2D eigenvalue weighted by molar-refractivity contribution is 0.126. The summed E-state index contributed by atoms with van der Waals surface area (Å²) in [7, 11) is 0. The van der Waals surface area contributed by atoms with Crippen LogP contribution in [0.25, 0.3) is 0 Å². The van der Waals surface area contributed by atoms with Gasteiger partial charge in [0, 0.05) is 42.8 Å². The second-order valence-electron chi connectivity index (χ2n) is 5.78. The van der Waals surface area contributed by atoms with Crippen LogP contribution in [0.4, 0.5) is 0 Å². The van der Waals surface area contributed by atoms with Crippen molar-refractivity contribution < 1.29 is 5.11 Å². The first-order valence-corrected chi connectivity index (χ1v) is 7.86. The molecule has 1 saturated heterocycles. The van der Waals surface area contributed by atoms with Crippen molar-refractivity contribution >= 4 is 36.4 Å². The van der Waals surface area contributed by atoms with Crippen molar-refractivity contribution in [1.82, 2.24) is 10.2 Å². The first kappa shape index (κ1) is 21.8. The van der Waals surface area contributed by atoms with E-state index in [0.717, 1.165) is 43.7 Å². The summed E-state index contributed by atoms with van der Waals surface area (Å²) in [6.07, 6.45) is 1.08. The molecular weight excluding hydrogens is 343 g/mol. The number of phenolic OH excluding ortho intramolecular Hbond substituents is 1. The molecule has 0 amide bonds. The highest BCUT2D eigenvalue weighted by molar-refractivity contribution is 6.30. The second-order valence-corrected chi connectivity index (χ2v) is 6.21. The molecule has 22 heavy (non-hydrogen) atoms. The van der Waals surface area contributed by atoms with Gasteiger partial charge in [-0.25, -0.2) is 0 Å². The molecule has 2 atom stereocenters. The Morgan fingerprint density at radius 1 is 1.27 bits per heavy atom. The first-order valence-electron chi connectivity index (χ1n) is 7.48. The van der Waals surface area contributed by atoms with Crippen LogP contribution in [0.1, 0.15) is 37.4 Å². The van der Waals surface area contributed by atoms with E-state index in [1.807, 2.05) is 19.1 Å². The molecule has 0 aliphatic carbocycles. The normalized spacial score (nSPS) is 18.0. The zero-order valence-electron chi connectivity index (χ0n) is 13.4. The predicted octanol–water partition coefficient (Wildman–Crippen LogP) is 4.19. The first-order chi connectivity index (χ1) is 9.54. The Bertz CT molecular complexity index is 465. The van der Waals surface area contributed by atoms with Gasteiger partial charge in [-0.2, -0.15) is 0 Å². The zero-order valence-corrected chi connectivity index (χ0v) is 15.8. The van der Waals surface area contributed by atoms with Crippen LogP contribution < -0.4 is 5.32 Å². The van der Waals surface area contributed by atoms with Crippen molar-refractivity contribution in [3.05, 3.63) is 28.3 Å². The van der Waals surface area contributed by atoms with Crippen molar-refractivity contribution in [2.24, 2.45) is 5.92 Å². The highest BCUT2D eigenvalue weighted by atomic mass is 35.5. The molecule has 0 aromatic heterocycles. The van der Waals surface area contributed by atoms with Crippen molar-refractivity contribution in [3.63, 3.8) is 0 Å². The van der Waals surface area contributed by atoms with Crippen LogP contribution in [0.5, 0.6) is 5.75 Å². The Hall–Kier alpha value is -0.190. The molecule has 1 aromatic carbocycles. The summed E-state index contributed by atoms with van der Waals surface area (Å²) in [5.41, 5.74) is 1.84. The van der Waals surface area contributed by atoms with Gasteiger partial charge in [-0.3, -0.25) is 4.90 Å². The number of phenols is 1. The third-order valence-electron chi connectivity index (χ3n) is 4.34. The Balaban J connectivity index is 0.00000220. The Kier molecular flexibility index (Phi) is 9.75. The summed E-state index contributed by atoms with van der Waals surface area (Å²) in [5, 5.41) is 14.6. The van der Waals surface area contributed by atoms with E-state index in [4.69, 9.17) is 11.6 Å². The van der Waals surface area contributed by atoms with Crippen LogP contribution in [0.2, 0.25) is 5.02 Å². The van der Waals surface area contributed by atoms with Crippen molar-refractivity contribution in [2.45, 2.75) is 33.2 Å². The molecule has 0 bridgehead atoms. The molecular formula is C16H27Cl3N2O. The molecule has 0 radical (unpaired) electrons. The van der Waals surface area contributed by atoms with E-state index < -0.39 is 0 Å². The van der Waals surface area contributed by atoms with Crippen molar-refractivity contribution in [2.75, 3.05) is 26.2 Å². The Morgan fingerprint density at radius 3 is 2.41 bits per heavy atom. The van der Waals surface area contributed by atoms with E-state index in [1.165, 1.54) is 0 Å². The maximum Gasteiger partial charge on any atom is 0.123 e. The number of nitrogens with one attached hydrogen (secondary N) is 1. The molecule has 2 rings (SSSR count). The number of hydrogen-bond acceptors (Lipinski definition) is 3. The van der Waals surface area contributed by atoms with Crippen LogP contribution in [-0.2, 0) is 0 Å². The summed E-state index contributed by atoms with van der Waals surface area (Å²) in [5.74, 6) is 0.884. The van der Waals surface area contributed by atoms with Gasteiger partial charge in [-0.05, 0) is 30.5 Å². The monoisotopic (exact) mass is 368 g/mol. The molecule has 0 saturated carbocycles. The van der Waals surface area contributed by atoms with E-state index >= 15 is 0 Å². The van der Waals surface area contributed by atoms with Crippen LogP contribution >= 0.6 is 36.4 Å². The zero-order chi connectivity index (χ0) is 14.7. The number of halogens is 3. The van der Waals surface area contributed by atoms with Crippen molar-refractivity contribution in [3.8, 4) is 5.75 Å². The average molecular weight is 370 g/mol. The number of aromatic hydroxyl groups is 1. The highest BCUT2D eigenvalue weighted by Crippen LogP contribution is 2.39. The summed E-state index contributed by atoms with van der Waals surface area (Å²) in [6.45, 7) is 10.4. The van der Waals surface area contributed by atoms with Gasteiger partial charge in [0.05, 0.1) is 0 Å². The molecule has 6 heteroatoms. The molecule has 1 aliphatic heterocycles. The fourth-order valence-electron chi connectivity index (χ4n) is 3.03. The molecule has 1 aliphatic rings. The maximum atomic E-state index is 10.5. The van der Waals surface area contributed by atoms with E-state index in [2.05, 4.69) is 24.1 Å². The lowest BCUT2D eigenvalue weighted by atomic mass is 9.89. The van der Waals surface area contributed by atoms with Gasteiger partial charge in [0.2, 0.25) is 0 Å². The van der Waals surface area contributed by atoms with Gasteiger partial charge in [0.1, 0.15) is 5.75 Å². The number of aryl methyl sites for hydroxylation is 1. The number of piperazine rings is 1. The minimum absolute atomic E-state index is 0. The van der Waals surface area contributed by atoms with Gasteiger partial charge < -0.3 is 10.4 Å². The van der Waals surface area contributed by atoms with Gasteiger partial charge >= 0.3 is 0 Å². The van der Waals surface area contributed by atoms with E-state index in [0.29, 0.717) is 16.7 Å². The van der Waals surface area contributed by atoms with Gasteiger partial charge in [0.15, 0.2) is 0 Å². The Morgan fingerprint density at radius 2 is 1.86 bits per heavy atom. The predicted molar refractivity (Wildman–Crippen MR) is 99.0 cm³/mol. The molecule has 2 N–H and O–H groups in total. The second kappa shape index (κ2) is 9.84. The van der Waals surface area contributed by atoms with E-state index in [-0.39, 0.29) is 30.9 Å². The third-order valence-corrected chi connectivity index (χ3v) is 4.56. The van der Waals surface area contributed by atoms with Gasteiger partial charge in [-0.1, -0.05) is 31.9 Å². The van der Waals surface area contributed by atoms with Gasteiger partial charge in [0.25, 0.3) is 0 Å². The van der Waals surface area contributed by atoms with E-state index in [1.54, 1.807) is 0 Å². The molecule has 128 valence electrons. The number of nitrogens with zero attached hydrogens (tertiary/aromatic N) is 1. The Labute approximate surface area is 151 Å². The van der Waals surface area contributed by atoms with Crippen LogP contribution in [0.3, 0.4) is 0 Å². The summed E-state index contributed by atoms with van der Waals surface area (Å²) >= 11 is 6.21. The molecule has 0 spiro atoms. The number of hydrogen-bond donors (Lipinski definition) is 2. The van der Waals surface area contributed by atoms with Crippen LogP contribution in [0, 0.1) is 12.8 Å². The number of benzene rings is 1. The molecule has 1 fully saturated rings. The fourth-order valence-corrected chi connectivity index (χ4v) is 3.31. The average Bonchev–Trinajstić information content (AvgIpc) is 2.45. The summed E-state index contributed by atoms with van der Waals surface area (Å²) < 4.78 is 0. The molecule has 1 unspecified atom stereocenters. The molecule has 1 aromatic rings. The maximum absolute atomic E-state index is 10.5. The highest BCUT2D eigenvalue weighted by Gasteiger charge is 2.29. The summed E-state index contributed by atoms with van der Waals surface area (Å²) in [4.78, 5) is 2.47. The lowest BCUT2D eigenvalue weighted by Crippen LogP contribution is -2.46.